The van der Waals surface area contributed by atoms with E-state index in [0.717, 1.165) is 16.8 Å². The number of nitrogens with one attached hydrogen (secondary N) is 1. The summed E-state index contributed by atoms with van der Waals surface area (Å²) in [4.78, 5) is 8.55. The molecule has 0 saturated heterocycles. The highest BCUT2D eigenvalue weighted by atomic mass is 16.3. The van der Waals surface area contributed by atoms with Crippen LogP contribution >= 0.6 is 0 Å². The Morgan fingerprint density at radius 3 is 2.62 bits per heavy atom. The molecule has 1 unspecified atom stereocenters. The minimum atomic E-state index is -0.811. The first-order valence-electron chi connectivity index (χ1n) is 7.50. The van der Waals surface area contributed by atoms with Gasteiger partial charge in [-0.15, -0.1) is 0 Å². The van der Waals surface area contributed by atoms with E-state index in [1.165, 1.54) is 0 Å². The highest BCUT2D eigenvalue weighted by molar-refractivity contribution is 5.54. The molecule has 0 fully saturated rings. The van der Waals surface area contributed by atoms with Crippen molar-refractivity contribution in [1.82, 2.24) is 9.97 Å². The van der Waals surface area contributed by atoms with Crippen LogP contribution in [0.4, 0.5) is 11.6 Å². The van der Waals surface area contributed by atoms with Crippen LogP contribution in [0.25, 0.3) is 0 Å². The third-order valence-corrected chi connectivity index (χ3v) is 3.59. The second kappa shape index (κ2) is 6.90. The Hall–Kier alpha value is -3.23. The van der Waals surface area contributed by atoms with Gasteiger partial charge in [-0.3, -0.25) is 0 Å². The topological polar surface area (TPSA) is 81.8 Å². The number of anilines is 2. The summed E-state index contributed by atoms with van der Waals surface area (Å²) in [5.74, 6) is 0.393. The molecule has 5 heteroatoms. The predicted molar refractivity (Wildman–Crippen MR) is 91.7 cm³/mol. The average Bonchev–Trinajstić information content (AvgIpc) is 2.62. The summed E-state index contributed by atoms with van der Waals surface area (Å²) in [6.07, 6.45) is 0.794. The summed E-state index contributed by atoms with van der Waals surface area (Å²) < 4.78 is 0. The SMILES string of the molecule is Cc1cccc(C(O)c2ccnc(Nc3ccc(C#N)cc3)n2)c1. The van der Waals surface area contributed by atoms with E-state index in [2.05, 4.69) is 21.4 Å². The Balaban J connectivity index is 1.82. The summed E-state index contributed by atoms with van der Waals surface area (Å²) in [5, 5.41) is 22.4. The number of aliphatic hydroxyl groups excluding tert-OH is 1. The molecule has 0 bridgehead atoms. The van der Waals surface area contributed by atoms with Crippen molar-refractivity contribution in [2.45, 2.75) is 13.0 Å². The molecule has 0 saturated carbocycles. The molecular weight excluding hydrogens is 300 g/mol. The van der Waals surface area contributed by atoms with Gasteiger partial charge in [0.25, 0.3) is 0 Å². The highest BCUT2D eigenvalue weighted by Gasteiger charge is 2.13. The fraction of sp³-hybridized carbons (Fsp3) is 0.105. The summed E-state index contributed by atoms with van der Waals surface area (Å²) in [5.41, 5.74) is 3.75. The number of nitriles is 1. The van der Waals surface area contributed by atoms with E-state index in [4.69, 9.17) is 5.26 Å². The molecule has 118 valence electrons. The standard InChI is InChI=1S/C19H16N4O/c1-13-3-2-4-15(11-13)18(24)17-9-10-21-19(23-17)22-16-7-5-14(12-20)6-8-16/h2-11,18,24H,1H3,(H,21,22,23). The maximum Gasteiger partial charge on any atom is 0.227 e. The lowest BCUT2D eigenvalue weighted by Crippen LogP contribution is -2.06. The molecule has 2 aromatic carbocycles. The molecule has 0 radical (unpaired) electrons. The largest absolute Gasteiger partial charge is 0.382 e. The lowest BCUT2D eigenvalue weighted by molar-refractivity contribution is 0.215. The van der Waals surface area contributed by atoms with Gasteiger partial charge in [-0.2, -0.15) is 5.26 Å². The van der Waals surface area contributed by atoms with Gasteiger partial charge in [0.15, 0.2) is 0 Å². The third kappa shape index (κ3) is 3.57. The molecule has 3 rings (SSSR count). The number of nitrogens with zero attached hydrogens (tertiary/aromatic N) is 3. The average molecular weight is 316 g/mol. The van der Waals surface area contributed by atoms with Crippen molar-refractivity contribution in [1.29, 1.82) is 5.26 Å². The molecule has 3 aromatic rings. The third-order valence-electron chi connectivity index (χ3n) is 3.59. The normalized spacial score (nSPS) is 11.5. The van der Waals surface area contributed by atoms with Crippen molar-refractivity contribution in [3.05, 3.63) is 83.2 Å². The van der Waals surface area contributed by atoms with Gasteiger partial charge >= 0.3 is 0 Å². The van der Waals surface area contributed by atoms with Crippen LogP contribution in [-0.4, -0.2) is 15.1 Å². The zero-order chi connectivity index (χ0) is 16.9. The maximum atomic E-state index is 10.5. The molecular formula is C19H16N4O. The molecule has 2 N–H and O–H groups in total. The zero-order valence-electron chi connectivity index (χ0n) is 13.1. The molecule has 1 aromatic heterocycles. The molecule has 24 heavy (non-hydrogen) atoms. The first-order chi connectivity index (χ1) is 11.7. The minimum Gasteiger partial charge on any atom is -0.382 e. The van der Waals surface area contributed by atoms with Crippen molar-refractivity contribution in [3.63, 3.8) is 0 Å². The van der Waals surface area contributed by atoms with Crippen molar-refractivity contribution in [2.75, 3.05) is 5.32 Å². The van der Waals surface area contributed by atoms with Gasteiger partial charge < -0.3 is 10.4 Å². The van der Waals surface area contributed by atoms with E-state index >= 15 is 0 Å². The number of hydrogen-bond donors (Lipinski definition) is 2. The molecule has 0 aliphatic rings. The van der Waals surface area contributed by atoms with Crippen LogP contribution in [0.3, 0.4) is 0 Å². The zero-order valence-corrected chi connectivity index (χ0v) is 13.1. The number of aliphatic hydroxyl groups is 1. The molecule has 5 nitrogen and oxygen atoms in total. The lowest BCUT2D eigenvalue weighted by Gasteiger charge is -2.12. The van der Waals surface area contributed by atoms with E-state index in [9.17, 15) is 5.11 Å². The Bertz CT molecular complexity index is 884. The second-order valence-corrected chi connectivity index (χ2v) is 5.44. The van der Waals surface area contributed by atoms with Crippen molar-refractivity contribution >= 4 is 11.6 Å². The van der Waals surface area contributed by atoms with Gasteiger partial charge in [0.1, 0.15) is 6.10 Å². The van der Waals surface area contributed by atoms with Gasteiger partial charge in [-0.1, -0.05) is 29.8 Å². The lowest BCUT2D eigenvalue weighted by atomic mass is 10.0. The minimum absolute atomic E-state index is 0.393. The maximum absolute atomic E-state index is 10.5. The monoisotopic (exact) mass is 316 g/mol. The Morgan fingerprint density at radius 1 is 1.12 bits per heavy atom. The second-order valence-electron chi connectivity index (χ2n) is 5.44. The van der Waals surface area contributed by atoms with Gasteiger partial charge in [0.2, 0.25) is 5.95 Å². The number of hydrogen-bond acceptors (Lipinski definition) is 5. The van der Waals surface area contributed by atoms with E-state index in [1.54, 1.807) is 36.5 Å². The van der Waals surface area contributed by atoms with Crippen LogP contribution in [0.1, 0.15) is 28.5 Å². The molecule has 0 spiro atoms. The number of rotatable bonds is 4. The molecule has 1 atom stereocenters. The highest BCUT2D eigenvalue weighted by Crippen LogP contribution is 2.22. The first-order valence-corrected chi connectivity index (χ1v) is 7.50. The number of aryl methyl sites for hydroxylation is 1. The van der Waals surface area contributed by atoms with Crippen molar-refractivity contribution < 1.29 is 5.11 Å². The number of aromatic nitrogens is 2. The summed E-state index contributed by atoms with van der Waals surface area (Å²) >= 11 is 0. The quantitative estimate of drug-likeness (QED) is 0.770. The van der Waals surface area contributed by atoms with Gasteiger partial charge in [0.05, 0.1) is 17.3 Å². The first kappa shape index (κ1) is 15.7. The molecule has 0 amide bonds. The van der Waals surface area contributed by atoms with Gasteiger partial charge in [-0.05, 0) is 42.8 Å². The fourth-order valence-corrected chi connectivity index (χ4v) is 2.35. The van der Waals surface area contributed by atoms with E-state index < -0.39 is 6.10 Å². The van der Waals surface area contributed by atoms with Crippen molar-refractivity contribution in [3.8, 4) is 6.07 Å². The van der Waals surface area contributed by atoms with Crippen molar-refractivity contribution in [2.24, 2.45) is 0 Å². The van der Waals surface area contributed by atoms with Crippen LogP contribution in [0.2, 0.25) is 0 Å². The number of benzene rings is 2. The molecule has 0 aliphatic carbocycles. The van der Waals surface area contributed by atoms with Gasteiger partial charge in [-0.25, -0.2) is 9.97 Å². The van der Waals surface area contributed by atoms with Crippen LogP contribution in [0, 0.1) is 18.3 Å². The Labute approximate surface area is 140 Å². The van der Waals surface area contributed by atoms with Crippen LogP contribution in [-0.2, 0) is 0 Å². The Morgan fingerprint density at radius 2 is 1.92 bits per heavy atom. The van der Waals surface area contributed by atoms with E-state index in [1.807, 2.05) is 31.2 Å². The van der Waals surface area contributed by atoms with E-state index in [-0.39, 0.29) is 0 Å². The van der Waals surface area contributed by atoms with Gasteiger partial charge in [0, 0.05) is 11.9 Å². The molecule has 0 aliphatic heterocycles. The summed E-state index contributed by atoms with van der Waals surface area (Å²) in [6.45, 7) is 1.98. The smallest absolute Gasteiger partial charge is 0.227 e. The summed E-state index contributed by atoms with van der Waals surface area (Å²) in [6, 6.07) is 18.5. The predicted octanol–water partition coefficient (Wildman–Crippen LogP) is 3.48. The van der Waals surface area contributed by atoms with Crippen LogP contribution in [0.5, 0.6) is 0 Å². The fourth-order valence-electron chi connectivity index (χ4n) is 2.35. The molecule has 1 heterocycles. The summed E-state index contributed by atoms with van der Waals surface area (Å²) in [7, 11) is 0. The van der Waals surface area contributed by atoms with Crippen LogP contribution < -0.4 is 5.32 Å². The Kier molecular flexibility index (Phi) is 4.50. The van der Waals surface area contributed by atoms with E-state index in [0.29, 0.717) is 17.2 Å². The van der Waals surface area contributed by atoms with Crippen LogP contribution in [0.15, 0.2) is 60.8 Å².